The van der Waals surface area contributed by atoms with Crippen molar-refractivity contribution in [1.82, 2.24) is 4.98 Å². The Labute approximate surface area is 119 Å². The number of halogens is 1. The summed E-state index contributed by atoms with van der Waals surface area (Å²) < 4.78 is 6.19. The second kappa shape index (κ2) is 5.84. The normalized spacial score (nSPS) is 10.2. The van der Waals surface area contributed by atoms with Crippen LogP contribution in [0.15, 0.2) is 40.9 Å². The number of aromatic nitrogens is 1. The van der Waals surface area contributed by atoms with Crippen molar-refractivity contribution in [3.63, 3.8) is 0 Å². The molecular weight excluding hydrogens is 310 g/mol. The van der Waals surface area contributed by atoms with Gasteiger partial charge in [-0.05, 0) is 47.1 Å². The van der Waals surface area contributed by atoms with Gasteiger partial charge < -0.3 is 9.84 Å². The molecule has 0 aliphatic carbocycles. The van der Waals surface area contributed by atoms with Gasteiger partial charge in [-0.1, -0.05) is 12.1 Å². The molecule has 0 amide bonds. The summed E-state index contributed by atoms with van der Waals surface area (Å²) in [7, 11) is 0. The molecule has 0 saturated carbocycles. The summed E-state index contributed by atoms with van der Waals surface area (Å²) in [5, 5.41) is 9.11. The third kappa shape index (κ3) is 3.32. The van der Waals surface area contributed by atoms with Gasteiger partial charge >= 0.3 is 5.97 Å². The van der Waals surface area contributed by atoms with Crippen LogP contribution in [0.25, 0.3) is 0 Å². The summed E-state index contributed by atoms with van der Waals surface area (Å²) in [4.78, 5) is 15.4. The number of hydrogen-bond donors (Lipinski definition) is 1. The summed E-state index contributed by atoms with van der Waals surface area (Å²) in [5.41, 5.74) is 1.78. The Bertz CT molecular complexity index is 613. The molecule has 2 aromatic rings. The number of nitrogens with zero attached hydrogens (tertiary/aromatic N) is 1. The number of aromatic carboxylic acids is 1. The van der Waals surface area contributed by atoms with Gasteiger partial charge in [-0.15, -0.1) is 0 Å². The maximum Gasteiger partial charge on any atom is 0.339 e. The molecule has 0 radical (unpaired) electrons. The van der Waals surface area contributed by atoms with Crippen molar-refractivity contribution in [2.75, 3.05) is 0 Å². The van der Waals surface area contributed by atoms with Crippen LogP contribution in [0.5, 0.6) is 5.75 Å². The van der Waals surface area contributed by atoms with Crippen molar-refractivity contribution in [3.05, 3.63) is 57.8 Å². The first kappa shape index (κ1) is 13.5. The molecule has 1 N–H and O–H groups in total. The second-order valence-electron chi connectivity index (χ2n) is 3.98. The lowest BCUT2D eigenvalue weighted by atomic mass is 10.2. The highest BCUT2D eigenvalue weighted by atomic mass is 79.9. The van der Waals surface area contributed by atoms with Crippen LogP contribution in [0.2, 0.25) is 0 Å². The van der Waals surface area contributed by atoms with Gasteiger partial charge in [0.1, 0.15) is 17.9 Å². The van der Waals surface area contributed by atoms with Gasteiger partial charge in [-0.2, -0.15) is 0 Å². The summed E-state index contributed by atoms with van der Waals surface area (Å²) in [6, 6.07) is 10.5. The van der Waals surface area contributed by atoms with Crippen LogP contribution in [0.3, 0.4) is 0 Å². The number of carboxylic acids is 1. The fraction of sp³-hybridized carbons (Fsp3) is 0.143. The fourth-order valence-corrected chi connectivity index (χ4v) is 2.13. The van der Waals surface area contributed by atoms with E-state index in [-0.39, 0.29) is 12.2 Å². The van der Waals surface area contributed by atoms with E-state index < -0.39 is 5.97 Å². The van der Waals surface area contributed by atoms with Gasteiger partial charge in [0.15, 0.2) is 0 Å². The number of carbonyl (C=O) groups is 1. The number of para-hydroxylation sites is 1. The van der Waals surface area contributed by atoms with Crippen LogP contribution in [0.1, 0.15) is 21.7 Å². The highest BCUT2D eigenvalue weighted by Gasteiger charge is 2.14. The third-order valence-corrected chi connectivity index (χ3v) is 3.13. The molecule has 19 heavy (non-hydrogen) atoms. The number of rotatable bonds is 4. The molecule has 1 heterocycles. The summed E-state index contributed by atoms with van der Waals surface area (Å²) >= 11 is 3.29. The monoisotopic (exact) mass is 321 g/mol. The first-order valence-corrected chi connectivity index (χ1v) is 6.44. The highest BCUT2D eigenvalue weighted by Crippen LogP contribution is 2.29. The molecule has 0 aliphatic heterocycles. The molecule has 98 valence electrons. The van der Waals surface area contributed by atoms with E-state index in [4.69, 9.17) is 9.84 Å². The Morgan fingerprint density at radius 3 is 2.74 bits per heavy atom. The van der Waals surface area contributed by atoms with Crippen LogP contribution in [0.4, 0.5) is 0 Å². The number of hydrogen-bond acceptors (Lipinski definition) is 3. The number of ether oxygens (including phenoxy) is 1. The molecule has 5 heteroatoms. The minimum atomic E-state index is -1.02. The van der Waals surface area contributed by atoms with Crippen molar-refractivity contribution in [3.8, 4) is 5.75 Å². The number of carboxylic acid groups (broad SMARTS) is 1. The van der Waals surface area contributed by atoms with Gasteiger partial charge in [-0.25, -0.2) is 4.79 Å². The minimum Gasteiger partial charge on any atom is -0.485 e. The van der Waals surface area contributed by atoms with Crippen molar-refractivity contribution < 1.29 is 14.6 Å². The van der Waals surface area contributed by atoms with Crippen LogP contribution < -0.4 is 4.74 Å². The van der Waals surface area contributed by atoms with Crippen LogP contribution in [-0.2, 0) is 6.61 Å². The van der Waals surface area contributed by atoms with Gasteiger partial charge in [-0.3, -0.25) is 4.98 Å². The topological polar surface area (TPSA) is 59.4 Å². The Morgan fingerprint density at radius 1 is 1.32 bits per heavy atom. The van der Waals surface area contributed by atoms with Crippen LogP contribution >= 0.6 is 15.9 Å². The van der Waals surface area contributed by atoms with Gasteiger partial charge in [0.25, 0.3) is 0 Å². The first-order chi connectivity index (χ1) is 9.08. The summed E-state index contributed by atoms with van der Waals surface area (Å²) in [6.45, 7) is 2.12. The van der Waals surface area contributed by atoms with Crippen molar-refractivity contribution in [2.45, 2.75) is 13.5 Å². The Morgan fingerprint density at radius 2 is 2.05 bits per heavy atom. The lowest BCUT2D eigenvalue weighted by Gasteiger charge is -2.10. The summed E-state index contributed by atoms with van der Waals surface area (Å²) in [5.74, 6) is -0.702. The average molecular weight is 322 g/mol. The SMILES string of the molecule is Cc1cccc(COc2c(Br)cccc2C(=O)O)n1. The molecule has 0 unspecified atom stereocenters. The molecule has 1 aromatic carbocycles. The first-order valence-electron chi connectivity index (χ1n) is 5.65. The maximum absolute atomic E-state index is 11.1. The molecule has 1 aromatic heterocycles. The molecule has 4 nitrogen and oxygen atoms in total. The second-order valence-corrected chi connectivity index (χ2v) is 4.83. The lowest BCUT2D eigenvalue weighted by molar-refractivity contribution is 0.0691. The van der Waals surface area contributed by atoms with E-state index in [1.807, 2.05) is 25.1 Å². The fourth-order valence-electron chi connectivity index (χ4n) is 1.65. The number of pyridine rings is 1. The quantitative estimate of drug-likeness (QED) is 0.937. The molecule has 0 aliphatic rings. The van der Waals surface area contributed by atoms with Crippen LogP contribution in [-0.4, -0.2) is 16.1 Å². The zero-order valence-corrected chi connectivity index (χ0v) is 11.8. The largest absolute Gasteiger partial charge is 0.485 e. The predicted molar refractivity (Wildman–Crippen MR) is 74.4 cm³/mol. The minimum absolute atomic E-state index is 0.127. The molecule has 0 spiro atoms. The van der Waals surface area contributed by atoms with E-state index in [9.17, 15) is 4.79 Å². The van der Waals surface area contributed by atoms with E-state index in [2.05, 4.69) is 20.9 Å². The van der Waals surface area contributed by atoms with E-state index in [1.54, 1.807) is 12.1 Å². The zero-order valence-electron chi connectivity index (χ0n) is 10.3. The van der Waals surface area contributed by atoms with Gasteiger partial charge in [0.2, 0.25) is 0 Å². The number of benzene rings is 1. The Kier molecular flexibility index (Phi) is 4.16. The van der Waals surface area contributed by atoms with E-state index in [1.165, 1.54) is 6.07 Å². The van der Waals surface area contributed by atoms with Crippen molar-refractivity contribution in [1.29, 1.82) is 0 Å². The summed E-state index contributed by atoms with van der Waals surface area (Å²) in [6.07, 6.45) is 0. The van der Waals surface area contributed by atoms with Crippen LogP contribution in [0, 0.1) is 6.92 Å². The average Bonchev–Trinajstić information content (AvgIpc) is 2.37. The predicted octanol–water partition coefficient (Wildman–Crippen LogP) is 3.43. The molecule has 0 atom stereocenters. The lowest BCUT2D eigenvalue weighted by Crippen LogP contribution is -2.05. The number of aryl methyl sites for hydroxylation is 1. The van der Waals surface area contributed by atoms with Crippen molar-refractivity contribution in [2.24, 2.45) is 0 Å². The smallest absolute Gasteiger partial charge is 0.339 e. The molecule has 0 saturated heterocycles. The zero-order chi connectivity index (χ0) is 13.8. The van der Waals surface area contributed by atoms with E-state index >= 15 is 0 Å². The molecule has 0 fully saturated rings. The van der Waals surface area contributed by atoms with E-state index in [0.717, 1.165) is 11.4 Å². The maximum atomic E-state index is 11.1. The molecule has 0 bridgehead atoms. The Balaban J connectivity index is 2.22. The third-order valence-electron chi connectivity index (χ3n) is 2.51. The van der Waals surface area contributed by atoms with Gasteiger partial charge in [0.05, 0.1) is 10.2 Å². The van der Waals surface area contributed by atoms with Gasteiger partial charge in [0, 0.05) is 5.69 Å². The highest BCUT2D eigenvalue weighted by molar-refractivity contribution is 9.10. The molecule has 2 rings (SSSR count). The Hall–Kier alpha value is -1.88. The van der Waals surface area contributed by atoms with Crippen molar-refractivity contribution >= 4 is 21.9 Å². The standard InChI is InChI=1S/C14H12BrNO3/c1-9-4-2-5-10(16-9)8-19-13-11(14(17)18)6-3-7-12(13)15/h2-7H,8H2,1H3,(H,17,18). The molecular formula is C14H12BrNO3. The van der Waals surface area contributed by atoms with E-state index in [0.29, 0.717) is 10.2 Å².